The lowest BCUT2D eigenvalue weighted by atomic mass is 9.95. The first-order valence-corrected chi connectivity index (χ1v) is 17.9. The van der Waals surface area contributed by atoms with Crippen LogP contribution >= 0.6 is 7.75 Å². The quantitative estimate of drug-likeness (QED) is 0.130. The van der Waals surface area contributed by atoms with E-state index in [4.69, 9.17) is 38.5 Å². The second-order valence-electron chi connectivity index (χ2n) is 12.9. The van der Waals surface area contributed by atoms with E-state index in [1.165, 1.54) is 29.9 Å². The van der Waals surface area contributed by atoms with E-state index in [2.05, 4.69) is 15.2 Å². The van der Waals surface area contributed by atoms with Crippen molar-refractivity contribution in [2.45, 2.75) is 64.6 Å². The monoisotopic (exact) mass is 728 g/mol. The van der Waals surface area contributed by atoms with E-state index < -0.39 is 74.1 Å². The Morgan fingerprint density at radius 3 is 2.37 bits per heavy atom. The van der Waals surface area contributed by atoms with E-state index in [-0.39, 0.29) is 29.8 Å². The summed E-state index contributed by atoms with van der Waals surface area (Å²) in [4.78, 5) is 43.1. The molecular weight excluding hydrogens is 687 g/mol. The van der Waals surface area contributed by atoms with Crippen LogP contribution in [0.5, 0.6) is 5.75 Å². The van der Waals surface area contributed by atoms with Crippen LogP contribution in [0, 0.1) is 29.1 Å². The highest BCUT2D eigenvalue weighted by Crippen LogP contribution is 2.50. The van der Waals surface area contributed by atoms with Gasteiger partial charge in [0.15, 0.2) is 18.0 Å². The number of nitrogens with one attached hydrogen (secondary N) is 1. The summed E-state index contributed by atoms with van der Waals surface area (Å²) in [6.07, 6.45) is -3.12. The van der Waals surface area contributed by atoms with Crippen LogP contribution in [0.3, 0.4) is 0 Å². The number of para-hydroxylation sites is 1. The molecule has 2 aliphatic heterocycles. The molecule has 18 heteroatoms. The number of rotatable bonds is 15. The summed E-state index contributed by atoms with van der Waals surface area (Å²) in [5.41, 5.74) is 4.47. The lowest BCUT2D eigenvalue weighted by Gasteiger charge is -2.31. The van der Waals surface area contributed by atoms with Crippen LogP contribution in [0.2, 0.25) is 0 Å². The third kappa shape index (κ3) is 8.49. The summed E-state index contributed by atoms with van der Waals surface area (Å²) in [6.45, 7) is 7.96. The summed E-state index contributed by atoms with van der Waals surface area (Å²) in [5, 5.41) is 17.6. The Bertz CT molecular complexity index is 1810. The van der Waals surface area contributed by atoms with Crippen LogP contribution < -0.4 is 15.3 Å². The average Bonchev–Trinajstić information content (AvgIpc) is 3.63. The van der Waals surface area contributed by atoms with Crippen LogP contribution in [0.25, 0.3) is 5.52 Å². The van der Waals surface area contributed by atoms with Crippen molar-refractivity contribution in [1.29, 1.82) is 5.26 Å². The summed E-state index contributed by atoms with van der Waals surface area (Å²) < 4.78 is 56.2. The molecule has 3 N–H and O–H groups in total. The maximum absolute atomic E-state index is 14.4. The number of esters is 3. The number of nitrogen functional groups attached to an aromatic ring is 1. The number of aromatic nitrogens is 3. The maximum atomic E-state index is 14.4. The van der Waals surface area contributed by atoms with Gasteiger partial charge in [-0.25, -0.2) is 14.1 Å². The topological polar surface area (TPSA) is 225 Å². The van der Waals surface area contributed by atoms with Crippen molar-refractivity contribution in [1.82, 2.24) is 19.7 Å². The summed E-state index contributed by atoms with van der Waals surface area (Å²) in [6, 6.07) is 12.0. The van der Waals surface area contributed by atoms with Crippen molar-refractivity contribution in [3.05, 3.63) is 54.5 Å². The van der Waals surface area contributed by atoms with E-state index in [0.29, 0.717) is 18.7 Å². The highest BCUT2D eigenvalue weighted by atomic mass is 31.2. The zero-order valence-electron chi connectivity index (χ0n) is 28.8. The highest BCUT2D eigenvalue weighted by molar-refractivity contribution is 7.52. The van der Waals surface area contributed by atoms with Crippen molar-refractivity contribution < 1.29 is 51.7 Å². The normalized spacial score (nSPS) is 23.6. The molecule has 2 saturated heterocycles. The smallest absolute Gasteiger partial charge is 0.459 e. The number of nitriles is 1. The summed E-state index contributed by atoms with van der Waals surface area (Å²) in [5.74, 6) is -3.14. The second-order valence-corrected chi connectivity index (χ2v) is 14.6. The van der Waals surface area contributed by atoms with Gasteiger partial charge in [0.05, 0.1) is 37.4 Å². The van der Waals surface area contributed by atoms with Crippen LogP contribution in [0.1, 0.15) is 46.4 Å². The number of nitrogens with two attached hydrogens (primary N) is 1. The Labute approximate surface area is 294 Å². The summed E-state index contributed by atoms with van der Waals surface area (Å²) >= 11 is 0. The molecule has 0 bridgehead atoms. The van der Waals surface area contributed by atoms with Gasteiger partial charge >= 0.3 is 25.7 Å². The molecule has 0 radical (unpaired) electrons. The highest BCUT2D eigenvalue weighted by Gasteiger charge is 2.62. The molecule has 0 spiro atoms. The van der Waals surface area contributed by atoms with Crippen LogP contribution in [-0.4, -0.2) is 82.8 Å². The molecule has 0 aliphatic carbocycles. The van der Waals surface area contributed by atoms with Crippen LogP contribution in [0.15, 0.2) is 48.8 Å². The van der Waals surface area contributed by atoms with Gasteiger partial charge in [-0.05, 0) is 31.2 Å². The third-order valence-corrected chi connectivity index (χ3v) is 9.74. The van der Waals surface area contributed by atoms with E-state index in [1.54, 1.807) is 58.0 Å². The lowest BCUT2D eigenvalue weighted by molar-refractivity contribution is -0.173. The minimum Gasteiger partial charge on any atom is -0.464 e. The molecule has 2 fully saturated rings. The maximum Gasteiger partial charge on any atom is 0.459 e. The van der Waals surface area contributed by atoms with Gasteiger partial charge < -0.3 is 33.9 Å². The second kappa shape index (κ2) is 15.7. The van der Waals surface area contributed by atoms with Gasteiger partial charge in [0, 0.05) is 5.92 Å². The van der Waals surface area contributed by atoms with Gasteiger partial charge in [-0.3, -0.25) is 18.9 Å². The average molecular weight is 729 g/mol. The Morgan fingerprint density at radius 2 is 1.75 bits per heavy atom. The molecule has 3 aromatic rings. The number of carbonyl (C=O) groups is 3. The summed E-state index contributed by atoms with van der Waals surface area (Å²) in [7, 11) is -4.57. The van der Waals surface area contributed by atoms with Gasteiger partial charge in [-0.1, -0.05) is 45.9 Å². The third-order valence-electron chi connectivity index (χ3n) is 8.12. The molecule has 6 atom stereocenters. The Balaban J connectivity index is 1.52. The molecule has 5 rings (SSSR count). The molecule has 17 nitrogen and oxygen atoms in total. The number of fused-ring (bicyclic) bond motifs is 1. The number of ether oxygens (including phenoxy) is 5. The molecular formula is C33H41N6O11P. The first-order chi connectivity index (χ1) is 24.3. The Kier molecular flexibility index (Phi) is 11.6. The van der Waals surface area contributed by atoms with E-state index in [1.807, 2.05) is 6.07 Å². The van der Waals surface area contributed by atoms with E-state index in [0.717, 1.165) is 0 Å². The molecule has 2 aromatic heterocycles. The van der Waals surface area contributed by atoms with Gasteiger partial charge in [0.25, 0.3) is 0 Å². The molecule has 0 amide bonds. The van der Waals surface area contributed by atoms with Crippen LogP contribution in [-0.2, 0) is 47.2 Å². The molecule has 274 valence electrons. The predicted octanol–water partition coefficient (Wildman–Crippen LogP) is 3.15. The zero-order chi connectivity index (χ0) is 36.9. The van der Waals surface area contributed by atoms with Gasteiger partial charge in [-0.2, -0.15) is 15.4 Å². The number of carbonyl (C=O) groups excluding carboxylic acids is 3. The SMILES string of the molecule is CC(C)C(=O)O[C@H]1[C@H](c2ccc3c(N)ncnn23)O[C@](C#N)(CO[P@](=O)(N[C@@H](C)C(=O)OCC2COC2)Oc2ccccc2)[C@H]1OC(=O)C(C)C. The first kappa shape index (κ1) is 37.7. The largest absolute Gasteiger partial charge is 0.464 e. The Hall–Kier alpha value is -4.59. The zero-order valence-corrected chi connectivity index (χ0v) is 29.7. The minimum atomic E-state index is -4.57. The van der Waals surface area contributed by atoms with Crippen molar-refractivity contribution in [2.75, 3.05) is 32.2 Å². The lowest BCUT2D eigenvalue weighted by Crippen LogP contribution is -2.50. The molecule has 1 aromatic carbocycles. The van der Waals surface area contributed by atoms with Gasteiger partial charge in [0.2, 0.25) is 5.60 Å². The van der Waals surface area contributed by atoms with Gasteiger partial charge in [0.1, 0.15) is 42.4 Å². The van der Waals surface area contributed by atoms with Crippen molar-refractivity contribution in [3.8, 4) is 11.8 Å². The number of anilines is 1. The minimum absolute atomic E-state index is 0.0524. The predicted molar refractivity (Wildman–Crippen MR) is 177 cm³/mol. The van der Waals surface area contributed by atoms with Crippen molar-refractivity contribution in [2.24, 2.45) is 17.8 Å². The van der Waals surface area contributed by atoms with Crippen molar-refractivity contribution >= 4 is 37.0 Å². The fourth-order valence-corrected chi connectivity index (χ4v) is 6.66. The molecule has 0 unspecified atom stereocenters. The number of benzene rings is 1. The Morgan fingerprint density at radius 1 is 1.06 bits per heavy atom. The van der Waals surface area contributed by atoms with Crippen LogP contribution in [0.4, 0.5) is 5.82 Å². The number of hydrogen-bond donors (Lipinski definition) is 2. The molecule has 4 heterocycles. The van der Waals surface area contributed by atoms with Gasteiger partial charge in [-0.15, -0.1) is 0 Å². The number of hydrogen-bond acceptors (Lipinski definition) is 15. The first-order valence-electron chi connectivity index (χ1n) is 16.4. The fourth-order valence-electron chi connectivity index (χ4n) is 5.14. The standard InChI is InChI=1S/C33H41N6O11P/c1-19(2)30(40)47-27-26(24-11-12-25-29(35)36-18-37-39(24)25)49-33(16-34,28(27)48-31(41)20(3)4)17-46-51(43,50-23-9-7-6-8-10-23)38-21(5)32(42)45-15-22-13-44-14-22/h6-12,18-22,26-28H,13-15,17H2,1-5H3,(H,38,43)(H2,35,36,37)/t21-,26-,27-,28-,33+,51+/m0/s1. The van der Waals surface area contributed by atoms with E-state index >= 15 is 0 Å². The van der Waals surface area contributed by atoms with Crippen molar-refractivity contribution in [3.63, 3.8) is 0 Å². The fraction of sp³-hybridized carbons (Fsp3) is 0.515. The number of nitrogens with zero attached hydrogens (tertiary/aromatic N) is 4. The molecule has 2 aliphatic rings. The molecule has 51 heavy (non-hydrogen) atoms. The van der Waals surface area contributed by atoms with E-state index in [9.17, 15) is 24.2 Å². The molecule has 0 saturated carbocycles.